The maximum absolute atomic E-state index is 13.5. The average molecular weight is 288 g/mol. The lowest BCUT2D eigenvalue weighted by molar-refractivity contribution is -0.142. The molecule has 1 N–H and O–H groups in total. The number of hydrogen-bond acceptors (Lipinski definition) is 2. The van der Waals surface area contributed by atoms with Crippen molar-refractivity contribution < 1.29 is 19.1 Å². The third-order valence-corrected chi connectivity index (χ3v) is 3.14. The first-order valence-corrected chi connectivity index (χ1v) is 6.10. The molecule has 0 aliphatic heterocycles. The Labute approximate surface area is 115 Å². The Kier molecular flexibility index (Phi) is 5.30. The molecule has 104 valence electrons. The third kappa shape index (κ3) is 4.21. The van der Waals surface area contributed by atoms with Gasteiger partial charge in [0.1, 0.15) is 5.82 Å². The highest BCUT2D eigenvalue weighted by atomic mass is 35.5. The van der Waals surface area contributed by atoms with Crippen LogP contribution in [0.1, 0.15) is 12.5 Å². The van der Waals surface area contributed by atoms with Crippen molar-refractivity contribution in [2.45, 2.75) is 13.3 Å². The first-order valence-electron chi connectivity index (χ1n) is 5.72. The Morgan fingerprint density at radius 2 is 2.11 bits per heavy atom. The van der Waals surface area contributed by atoms with E-state index in [0.717, 1.165) is 0 Å². The molecule has 1 aromatic carbocycles. The van der Waals surface area contributed by atoms with Gasteiger partial charge in [-0.2, -0.15) is 0 Å². The van der Waals surface area contributed by atoms with Crippen LogP contribution in [0.25, 0.3) is 0 Å². The maximum Gasteiger partial charge on any atom is 0.308 e. The molecule has 0 fully saturated rings. The fourth-order valence-corrected chi connectivity index (χ4v) is 1.81. The van der Waals surface area contributed by atoms with Crippen LogP contribution in [0.2, 0.25) is 5.02 Å². The maximum atomic E-state index is 13.5. The van der Waals surface area contributed by atoms with Crippen LogP contribution in [0, 0.1) is 11.7 Å². The number of carbonyl (C=O) groups is 2. The van der Waals surface area contributed by atoms with Crippen LogP contribution in [-0.4, -0.2) is 35.5 Å². The van der Waals surface area contributed by atoms with Gasteiger partial charge < -0.3 is 10.0 Å². The molecule has 0 bridgehead atoms. The Balaban J connectivity index is 2.72. The van der Waals surface area contributed by atoms with Crippen molar-refractivity contribution in [3.63, 3.8) is 0 Å². The minimum atomic E-state index is -0.983. The molecule has 1 rings (SSSR count). The van der Waals surface area contributed by atoms with Gasteiger partial charge in [-0.3, -0.25) is 9.59 Å². The van der Waals surface area contributed by atoms with E-state index < -0.39 is 17.7 Å². The van der Waals surface area contributed by atoms with Crippen LogP contribution in [0.4, 0.5) is 4.39 Å². The Hall–Kier alpha value is -1.62. The molecule has 0 aliphatic rings. The predicted octanol–water partition coefficient (Wildman–Crippen LogP) is 2.20. The highest BCUT2D eigenvalue weighted by molar-refractivity contribution is 6.31. The van der Waals surface area contributed by atoms with E-state index in [2.05, 4.69) is 0 Å². The summed E-state index contributed by atoms with van der Waals surface area (Å²) in [6.07, 6.45) is -0.186. The molecule has 0 radical (unpaired) electrons. The van der Waals surface area contributed by atoms with E-state index in [4.69, 9.17) is 16.7 Å². The SMILES string of the molecule is CC(CN(C)C(=O)Cc1c(F)cccc1Cl)C(=O)O. The Bertz CT molecular complexity index is 473. The van der Waals surface area contributed by atoms with Crippen molar-refractivity contribution in [3.05, 3.63) is 34.6 Å². The number of carboxylic acids is 1. The van der Waals surface area contributed by atoms with Gasteiger partial charge in [0.25, 0.3) is 0 Å². The van der Waals surface area contributed by atoms with Crippen molar-refractivity contribution >= 4 is 23.5 Å². The molecular formula is C13H15ClFNO3. The van der Waals surface area contributed by atoms with Gasteiger partial charge in [-0.05, 0) is 12.1 Å². The van der Waals surface area contributed by atoms with E-state index in [-0.39, 0.29) is 29.5 Å². The average Bonchev–Trinajstić information content (AvgIpc) is 2.33. The summed E-state index contributed by atoms with van der Waals surface area (Å²) in [7, 11) is 1.48. The van der Waals surface area contributed by atoms with Gasteiger partial charge in [0.15, 0.2) is 0 Å². The lowest BCUT2D eigenvalue weighted by atomic mass is 10.1. The number of aliphatic carboxylic acids is 1. The number of halogens is 2. The van der Waals surface area contributed by atoms with Gasteiger partial charge in [-0.15, -0.1) is 0 Å². The minimum Gasteiger partial charge on any atom is -0.481 e. The zero-order valence-corrected chi connectivity index (χ0v) is 11.4. The normalized spacial score (nSPS) is 12.0. The number of carboxylic acid groups (broad SMARTS) is 1. The summed E-state index contributed by atoms with van der Waals surface area (Å²) in [4.78, 5) is 23.9. The van der Waals surface area contributed by atoms with Crippen LogP contribution in [0.3, 0.4) is 0 Å². The van der Waals surface area contributed by atoms with Crippen LogP contribution in [-0.2, 0) is 16.0 Å². The molecule has 1 aromatic rings. The molecule has 0 saturated heterocycles. The summed E-state index contributed by atoms with van der Waals surface area (Å²) in [6, 6.07) is 4.20. The summed E-state index contributed by atoms with van der Waals surface area (Å²) in [5.74, 6) is -2.57. The van der Waals surface area contributed by atoms with Gasteiger partial charge >= 0.3 is 5.97 Å². The number of likely N-dealkylation sites (N-methyl/N-ethyl adjacent to an activating group) is 1. The summed E-state index contributed by atoms with van der Waals surface area (Å²) >= 11 is 5.83. The molecule has 0 spiro atoms. The second-order valence-corrected chi connectivity index (χ2v) is 4.80. The standard InChI is InChI=1S/C13H15ClFNO3/c1-8(13(18)19)7-16(2)12(17)6-9-10(14)4-3-5-11(9)15/h3-5,8H,6-7H2,1-2H3,(H,18,19). The van der Waals surface area contributed by atoms with Gasteiger partial charge in [0.2, 0.25) is 5.91 Å². The molecule has 1 amide bonds. The second-order valence-electron chi connectivity index (χ2n) is 4.39. The zero-order chi connectivity index (χ0) is 14.6. The molecule has 1 unspecified atom stereocenters. The summed E-state index contributed by atoms with van der Waals surface area (Å²) in [6.45, 7) is 1.57. The molecule has 19 heavy (non-hydrogen) atoms. The number of rotatable bonds is 5. The number of amides is 1. The monoisotopic (exact) mass is 287 g/mol. The number of hydrogen-bond donors (Lipinski definition) is 1. The Morgan fingerprint density at radius 3 is 2.63 bits per heavy atom. The van der Waals surface area contributed by atoms with E-state index in [1.54, 1.807) is 0 Å². The molecule has 4 nitrogen and oxygen atoms in total. The second kappa shape index (κ2) is 6.52. The summed E-state index contributed by atoms with van der Waals surface area (Å²) < 4.78 is 13.5. The van der Waals surface area contributed by atoms with Crippen LogP contribution in [0.15, 0.2) is 18.2 Å². The van der Waals surface area contributed by atoms with E-state index in [0.29, 0.717) is 0 Å². The molecule has 0 heterocycles. The largest absolute Gasteiger partial charge is 0.481 e. The van der Waals surface area contributed by atoms with Gasteiger partial charge in [0.05, 0.1) is 12.3 Å². The van der Waals surface area contributed by atoms with Crippen LogP contribution >= 0.6 is 11.6 Å². The smallest absolute Gasteiger partial charge is 0.308 e. The van der Waals surface area contributed by atoms with E-state index in [9.17, 15) is 14.0 Å². The third-order valence-electron chi connectivity index (χ3n) is 2.78. The van der Waals surface area contributed by atoms with E-state index in [1.165, 1.54) is 37.1 Å². The molecule has 0 aliphatic carbocycles. The summed E-state index contributed by atoms with van der Waals surface area (Å²) in [5, 5.41) is 8.96. The van der Waals surface area contributed by atoms with Crippen molar-refractivity contribution in [2.75, 3.05) is 13.6 Å². The van der Waals surface area contributed by atoms with Crippen LogP contribution in [0.5, 0.6) is 0 Å². The van der Waals surface area contributed by atoms with E-state index in [1.807, 2.05) is 0 Å². The highest BCUT2D eigenvalue weighted by Gasteiger charge is 2.19. The summed E-state index contributed by atoms with van der Waals surface area (Å²) in [5.41, 5.74) is 0.129. The zero-order valence-electron chi connectivity index (χ0n) is 10.7. The predicted molar refractivity (Wildman–Crippen MR) is 69.6 cm³/mol. The van der Waals surface area contributed by atoms with Gasteiger partial charge in [-0.25, -0.2) is 4.39 Å². The Morgan fingerprint density at radius 1 is 1.47 bits per heavy atom. The lowest BCUT2D eigenvalue weighted by Crippen LogP contribution is -2.34. The number of carbonyl (C=O) groups excluding carboxylic acids is 1. The van der Waals surface area contributed by atoms with Crippen molar-refractivity contribution in [3.8, 4) is 0 Å². The minimum absolute atomic E-state index is 0.0697. The van der Waals surface area contributed by atoms with Crippen molar-refractivity contribution in [2.24, 2.45) is 5.92 Å². The van der Waals surface area contributed by atoms with Crippen molar-refractivity contribution in [1.82, 2.24) is 4.90 Å². The fourth-order valence-electron chi connectivity index (χ4n) is 1.58. The topological polar surface area (TPSA) is 57.6 Å². The molecular weight excluding hydrogens is 273 g/mol. The van der Waals surface area contributed by atoms with Gasteiger partial charge in [-0.1, -0.05) is 24.6 Å². The molecule has 1 atom stereocenters. The molecule has 0 aromatic heterocycles. The quantitative estimate of drug-likeness (QED) is 0.903. The molecule has 0 saturated carbocycles. The lowest BCUT2D eigenvalue weighted by Gasteiger charge is -2.19. The molecule has 6 heteroatoms. The first-order chi connectivity index (χ1) is 8.82. The highest BCUT2D eigenvalue weighted by Crippen LogP contribution is 2.20. The van der Waals surface area contributed by atoms with Crippen molar-refractivity contribution in [1.29, 1.82) is 0 Å². The van der Waals surface area contributed by atoms with Gasteiger partial charge in [0, 0.05) is 24.2 Å². The number of benzene rings is 1. The van der Waals surface area contributed by atoms with E-state index >= 15 is 0 Å². The number of nitrogens with zero attached hydrogens (tertiary/aromatic N) is 1. The fraction of sp³-hybridized carbons (Fsp3) is 0.385. The first kappa shape index (κ1) is 15.4. The van der Waals surface area contributed by atoms with Crippen LogP contribution < -0.4 is 0 Å².